The van der Waals surface area contributed by atoms with Crippen LogP contribution in [-0.4, -0.2) is 76.1 Å². The zero-order valence-electron chi connectivity index (χ0n) is 14.9. The van der Waals surface area contributed by atoms with E-state index in [-0.39, 0.29) is 6.03 Å². The summed E-state index contributed by atoms with van der Waals surface area (Å²) >= 11 is 0. The third-order valence-corrected chi connectivity index (χ3v) is 5.34. The fourth-order valence-electron chi connectivity index (χ4n) is 3.68. The molecule has 2 aromatic heterocycles. The average Bonchev–Trinajstić information content (AvgIpc) is 3.40. The van der Waals surface area contributed by atoms with Crippen molar-refractivity contribution < 1.29 is 23.8 Å². The molecule has 9 heteroatoms. The molecule has 1 N–H and O–H groups in total. The first-order valence-corrected chi connectivity index (χ1v) is 9.05. The number of likely N-dealkylation sites (tertiary alicyclic amines) is 1. The van der Waals surface area contributed by atoms with Crippen LogP contribution >= 0.6 is 0 Å². The lowest BCUT2D eigenvalue weighted by atomic mass is 9.87. The van der Waals surface area contributed by atoms with E-state index >= 15 is 0 Å². The predicted molar refractivity (Wildman–Crippen MR) is 94.1 cm³/mol. The number of rotatable bonds is 3. The zero-order valence-corrected chi connectivity index (χ0v) is 14.9. The van der Waals surface area contributed by atoms with Gasteiger partial charge in [-0.25, -0.2) is 9.59 Å². The summed E-state index contributed by atoms with van der Waals surface area (Å²) in [4.78, 5) is 28.3. The summed E-state index contributed by atoms with van der Waals surface area (Å²) in [7, 11) is 0. The number of aliphatic carboxylic acids is 1. The second-order valence-corrected chi connectivity index (χ2v) is 6.83. The molecule has 0 saturated carbocycles. The number of hydrogen-bond donors (Lipinski definition) is 1. The topological polar surface area (TPSA) is 101 Å². The van der Waals surface area contributed by atoms with Gasteiger partial charge in [-0.2, -0.15) is 5.10 Å². The van der Waals surface area contributed by atoms with Gasteiger partial charge in [0.05, 0.1) is 19.5 Å². The van der Waals surface area contributed by atoms with Crippen molar-refractivity contribution in [3.05, 3.63) is 30.7 Å². The Morgan fingerprint density at radius 3 is 2.41 bits per heavy atom. The summed E-state index contributed by atoms with van der Waals surface area (Å²) in [6.45, 7) is 2.98. The number of furan rings is 1. The molecule has 2 aliphatic heterocycles. The number of aromatic nitrogens is 2. The van der Waals surface area contributed by atoms with Crippen LogP contribution in [0.1, 0.15) is 12.8 Å². The van der Waals surface area contributed by atoms with Crippen LogP contribution in [0.2, 0.25) is 0 Å². The molecule has 9 nitrogen and oxygen atoms in total. The standard InChI is InChI=1S/C18H22N4O5/c23-16(24)18(22-6-3-14(19-22)15-2-1-11-27-15)4-7-20(8-5-18)17(25)21-9-12-26-13-10-21/h1-3,6,11H,4-5,7-10,12-13H2,(H,23,24). The van der Waals surface area contributed by atoms with E-state index in [4.69, 9.17) is 9.15 Å². The highest BCUT2D eigenvalue weighted by atomic mass is 16.5. The number of carbonyl (C=O) groups excluding carboxylic acids is 1. The Kier molecular flexibility index (Phi) is 4.61. The maximum Gasteiger partial charge on any atom is 0.331 e. The van der Waals surface area contributed by atoms with Gasteiger partial charge < -0.3 is 24.1 Å². The summed E-state index contributed by atoms with van der Waals surface area (Å²) in [6.07, 6.45) is 3.83. The molecule has 2 saturated heterocycles. The lowest BCUT2D eigenvalue weighted by molar-refractivity contribution is -0.150. The molecule has 2 amide bonds. The lowest BCUT2D eigenvalue weighted by Gasteiger charge is -2.41. The van der Waals surface area contributed by atoms with Crippen LogP contribution in [0.4, 0.5) is 4.79 Å². The van der Waals surface area contributed by atoms with Gasteiger partial charge in [0.15, 0.2) is 11.3 Å². The van der Waals surface area contributed by atoms with Crippen molar-refractivity contribution in [3.8, 4) is 11.5 Å². The van der Waals surface area contributed by atoms with Gasteiger partial charge in [0, 0.05) is 45.2 Å². The molecule has 144 valence electrons. The molecule has 2 fully saturated rings. The van der Waals surface area contributed by atoms with Crippen LogP contribution in [0.15, 0.2) is 35.1 Å². The summed E-state index contributed by atoms with van der Waals surface area (Å²) < 4.78 is 12.1. The number of hydrogen-bond acceptors (Lipinski definition) is 5. The lowest BCUT2D eigenvalue weighted by Crippen LogP contribution is -2.56. The van der Waals surface area contributed by atoms with Crippen molar-refractivity contribution in [2.24, 2.45) is 0 Å². The number of piperidine rings is 1. The molecule has 0 spiro atoms. The molecule has 2 aliphatic rings. The van der Waals surface area contributed by atoms with Crippen molar-refractivity contribution in [2.45, 2.75) is 18.4 Å². The maximum atomic E-state index is 12.6. The number of carbonyl (C=O) groups is 2. The maximum absolute atomic E-state index is 12.6. The smallest absolute Gasteiger partial charge is 0.331 e. The summed E-state index contributed by atoms with van der Waals surface area (Å²) in [5.74, 6) is -0.343. The Morgan fingerprint density at radius 2 is 1.78 bits per heavy atom. The minimum atomic E-state index is -1.16. The fraction of sp³-hybridized carbons (Fsp3) is 0.500. The Labute approximate surface area is 156 Å². The number of carboxylic acid groups (broad SMARTS) is 1. The minimum absolute atomic E-state index is 0.0472. The van der Waals surface area contributed by atoms with E-state index in [9.17, 15) is 14.7 Å². The van der Waals surface area contributed by atoms with Crippen LogP contribution < -0.4 is 0 Å². The molecule has 0 bridgehead atoms. The number of nitrogens with zero attached hydrogens (tertiary/aromatic N) is 4. The van der Waals surface area contributed by atoms with E-state index in [1.165, 1.54) is 4.68 Å². The molecular formula is C18H22N4O5. The largest absolute Gasteiger partial charge is 0.479 e. The molecule has 2 aromatic rings. The highest BCUT2D eigenvalue weighted by Crippen LogP contribution is 2.32. The van der Waals surface area contributed by atoms with Gasteiger partial charge in [-0.15, -0.1) is 0 Å². The van der Waals surface area contributed by atoms with Crippen LogP contribution in [-0.2, 0) is 15.1 Å². The van der Waals surface area contributed by atoms with E-state index in [1.807, 2.05) is 0 Å². The number of carboxylic acids is 1. The highest BCUT2D eigenvalue weighted by Gasteiger charge is 2.45. The summed E-state index contributed by atoms with van der Waals surface area (Å²) in [6, 6.07) is 5.24. The number of urea groups is 1. The second-order valence-electron chi connectivity index (χ2n) is 6.83. The molecule has 4 rings (SSSR count). The Morgan fingerprint density at radius 1 is 1.07 bits per heavy atom. The number of morpholine rings is 1. The van der Waals surface area contributed by atoms with E-state index in [2.05, 4.69) is 5.10 Å². The van der Waals surface area contributed by atoms with Gasteiger partial charge in [-0.3, -0.25) is 4.68 Å². The van der Waals surface area contributed by atoms with Crippen LogP contribution in [0.5, 0.6) is 0 Å². The third kappa shape index (κ3) is 3.18. The Bertz CT molecular complexity index is 802. The first-order valence-electron chi connectivity index (χ1n) is 9.05. The fourth-order valence-corrected chi connectivity index (χ4v) is 3.68. The molecule has 0 atom stereocenters. The van der Waals surface area contributed by atoms with E-state index in [0.717, 1.165) is 0 Å². The Balaban J connectivity index is 1.49. The minimum Gasteiger partial charge on any atom is -0.479 e. The zero-order chi connectivity index (χ0) is 18.9. The average molecular weight is 374 g/mol. The summed E-state index contributed by atoms with van der Waals surface area (Å²) in [5.41, 5.74) is -0.570. The molecular weight excluding hydrogens is 352 g/mol. The van der Waals surface area contributed by atoms with Crippen LogP contribution in [0.3, 0.4) is 0 Å². The van der Waals surface area contributed by atoms with Crippen LogP contribution in [0, 0.1) is 0 Å². The highest BCUT2D eigenvalue weighted by molar-refractivity contribution is 5.79. The predicted octanol–water partition coefficient (Wildman–Crippen LogP) is 1.47. The van der Waals surface area contributed by atoms with Gasteiger partial charge in [-0.05, 0) is 18.2 Å². The summed E-state index contributed by atoms with van der Waals surface area (Å²) in [5, 5.41) is 14.4. The normalized spacial score (nSPS) is 19.9. The second kappa shape index (κ2) is 7.07. The molecule has 4 heterocycles. The first kappa shape index (κ1) is 17.6. The third-order valence-electron chi connectivity index (χ3n) is 5.34. The molecule has 0 radical (unpaired) electrons. The van der Waals surface area contributed by atoms with E-state index < -0.39 is 11.5 Å². The van der Waals surface area contributed by atoms with Gasteiger partial charge in [0.1, 0.15) is 5.69 Å². The monoisotopic (exact) mass is 374 g/mol. The van der Waals surface area contributed by atoms with Crippen molar-refractivity contribution in [2.75, 3.05) is 39.4 Å². The molecule has 0 aliphatic carbocycles. The van der Waals surface area contributed by atoms with E-state index in [1.54, 1.807) is 40.5 Å². The van der Waals surface area contributed by atoms with Crippen molar-refractivity contribution >= 4 is 12.0 Å². The molecule has 27 heavy (non-hydrogen) atoms. The van der Waals surface area contributed by atoms with Crippen molar-refractivity contribution in [1.82, 2.24) is 19.6 Å². The van der Waals surface area contributed by atoms with Gasteiger partial charge >= 0.3 is 12.0 Å². The van der Waals surface area contributed by atoms with Crippen molar-refractivity contribution in [3.63, 3.8) is 0 Å². The van der Waals surface area contributed by atoms with Gasteiger partial charge in [-0.1, -0.05) is 0 Å². The van der Waals surface area contributed by atoms with Crippen molar-refractivity contribution in [1.29, 1.82) is 0 Å². The number of amides is 2. The van der Waals surface area contributed by atoms with Gasteiger partial charge in [0.25, 0.3) is 0 Å². The quantitative estimate of drug-likeness (QED) is 0.873. The molecule has 0 aromatic carbocycles. The van der Waals surface area contributed by atoms with Crippen LogP contribution in [0.25, 0.3) is 11.5 Å². The Hall–Kier alpha value is -2.81. The molecule has 0 unspecified atom stereocenters. The van der Waals surface area contributed by atoms with E-state index in [0.29, 0.717) is 63.7 Å². The van der Waals surface area contributed by atoms with Gasteiger partial charge in [0.2, 0.25) is 0 Å². The SMILES string of the molecule is O=C(N1CCOCC1)N1CCC(C(=O)O)(n2ccc(-c3ccco3)n2)CC1. The number of ether oxygens (including phenoxy) is 1. The first-order chi connectivity index (χ1) is 13.1.